The van der Waals surface area contributed by atoms with E-state index in [4.69, 9.17) is 0 Å². The molecule has 0 aromatic heterocycles. The maximum Gasteiger partial charge on any atom is 0.251 e. The molecule has 2 N–H and O–H groups in total. The highest BCUT2D eigenvalue weighted by molar-refractivity contribution is 6.07. The maximum atomic E-state index is 12.1. The Morgan fingerprint density at radius 1 is 1.30 bits per heavy atom. The van der Waals surface area contributed by atoms with Gasteiger partial charge in [0.05, 0.1) is 5.41 Å². The number of unbranched alkanes of at least 4 members (excludes halogenated alkanes) is 2. The largest absolute Gasteiger partial charge is 0.352 e. The lowest BCUT2D eigenvalue weighted by Gasteiger charge is -2.15. The van der Waals surface area contributed by atoms with E-state index in [0.717, 1.165) is 30.5 Å². The fourth-order valence-corrected chi connectivity index (χ4v) is 2.39. The summed E-state index contributed by atoms with van der Waals surface area (Å²) in [5, 5.41) is 5.76. The number of rotatable bonds is 5. The summed E-state index contributed by atoms with van der Waals surface area (Å²) in [6.07, 6.45) is 3.26. The van der Waals surface area contributed by atoms with Crippen LogP contribution in [-0.4, -0.2) is 18.4 Å². The van der Waals surface area contributed by atoms with Gasteiger partial charge in [-0.05, 0) is 44.0 Å². The smallest absolute Gasteiger partial charge is 0.251 e. The number of hydrogen-bond donors (Lipinski definition) is 2. The molecule has 0 radical (unpaired) electrons. The van der Waals surface area contributed by atoms with Gasteiger partial charge < -0.3 is 10.6 Å². The summed E-state index contributed by atoms with van der Waals surface area (Å²) >= 11 is 0. The second kappa shape index (κ2) is 5.65. The number of nitrogens with one attached hydrogen (secondary N) is 2. The molecule has 0 fully saturated rings. The number of carbonyl (C=O) groups excluding carboxylic acids is 2. The quantitative estimate of drug-likeness (QED) is 0.811. The van der Waals surface area contributed by atoms with Gasteiger partial charge in [0.15, 0.2) is 0 Å². The van der Waals surface area contributed by atoms with Crippen LogP contribution in [-0.2, 0) is 10.2 Å². The van der Waals surface area contributed by atoms with Crippen LogP contribution in [0.25, 0.3) is 0 Å². The van der Waals surface area contributed by atoms with E-state index in [1.807, 2.05) is 26.0 Å². The zero-order valence-electron chi connectivity index (χ0n) is 12.4. The van der Waals surface area contributed by atoms with Gasteiger partial charge in [-0.25, -0.2) is 0 Å². The number of fused-ring (bicyclic) bond motifs is 1. The number of hydrogen-bond acceptors (Lipinski definition) is 2. The minimum atomic E-state index is -0.576. The van der Waals surface area contributed by atoms with Crippen molar-refractivity contribution in [3.05, 3.63) is 29.3 Å². The molecule has 4 nitrogen and oxygen atoms in total. The van der Waals surface area contributed by atoms with Crippen LogP contribution < -0.4 is 10.6 Å². The average Bonchev–Trinajstić information content (AvgIpc) is 2.65. The summed E-state index contributed by atoms with van der Waals surface area (Å²) in [5.74, 6) is -0.0907. The highest BCUT2D eigenvalue weighted by Gasteiger charge is 2.38. The standard InChI is InChI=1S/C16H22N2O2/c1-4-5-6-9-17-14(19)11-7-8-13-12(10-11)16(2,3)15(20)18-13/h7-8,10H,4-6,9H2,1-3H3,(H,17,19)(H,18,20). The van der Waals surface area contributed by atoms with Gasteiger partial charge in [0.25, 0.3) is 5.91 Å². The highest BCUT2D eigenvalue weighted by atomic mass is 16.2. The van der Waals surface area contributed by atoms with Crippen LogP contribution in [0, 0.1) is 0 Å². The van der Waals surface area contributed by atoms with Crippen molar-refractivity contribution in [3.8, 4) is 0 Å². The Morgan fingerprint density at radius 3 is 2.75 bits per heavy atom. The molecule has 20 heavy (non-hydrogen) atoms. The Balaban J connectivity index is 2.10. The van der Waals surface area contributed by atoms with Crippen molar-refractivity contribution in [2.24, 2.45) is 0 Å². The van der Waals surface area contributed by atoms with E-state index in [9.17, 15) is 9.59 Å². The van der Waals surface area contributed by atoms with Crippen molar-refractivity contribution < 1.29 is 9.59 Å². The predicted octanol–water partition coefficient (Wildman–Crippen LogP) is 2.84. The van der Waals surface area contributed by atoms with E-state index in [1.54, 1.807) is 6.07 Å². The van der Waals surface area contributed by atoms with E-state index in [2.05, 4.69) is 17.6 Å². The minimum absolute atomic E-state index is 0.0204. The molecular weight excluding hydrogens is 252 g/mol. The van der Waals surface area contributed by atoms with Gasteiger partial charge in [-0.2, -0.15) is 0 Å². The first-order chi connectivity index (χ1) is 9.46. The van der Waals surface area contributed by atoms with Gasteiger partial charge in [0.1, 0.15) is 0 Å². The van der Waals surface area contributed by atoms with Crippen molar-refractivity contribution in [1.29, 1.82) is 0 Å². The predicted molar refractivity (Wildman–Crippen MR) is 80.0 cm³/mol. The summed E-state index contributed by atoms with van der Waals surface area (Å²) in [7, 11) is 0. The molecular formula is C16H22N2O2. The third-order valence-corrected chi connectivity index (χ3v) is 3.84. The Kier molecular flexibility index (Phi) is 4.12. The summed E-state index contributed by atoms with van der Waals surface area (Å²) in [6.45, 7) is 6.58. The first-order valence-corrected chi connectivity index (χ1v) is 7.21. The highest BCUT2D eigenvalue weighted by Crippen LogP contribution is 2.37. The molecule has 1 aromatic rings. The topological polar surface area (TPSA) is 58.2 Å². The van der Waals surface area contributed by atoms with Crippen LogP contribution in [0.4, 0.5) is 5.69 Å². The number of amides is 2. The molecule has 4 heteroatoms. The molecule has 0 aliphatic carbocycles. The van der Waals surface area contributed by atoms with Crippen LogP contribution in [0.5, 0.6) is 0 Å². The summed E-state index contributed by atoms with van der Waals surface area (Å²) in [5.41, 5.74) is 1.74. The molecule has 108 valence electrons. The summed E-state index contributed by atoms with van der Waals surface area (Å²) in [4.78, 5) is 24.0. The Hall–Kier alpha value is -1.84. The lowest BCUT2D eigenvalue weighted by Crippen LogP contribution is -2.27. The lowest BCUT2D eigenvalue weighted by molar-refractivity contribution is -0.119. The van der Waals surface area contributed by atoms with E-state index < -0.39 is 5.41 Å². The fraction of sp³-hybridized carbons (Fsp3) is 0.500. The van der Waals surface area contributed by atoms with E-state index in [-0.39, 0.29) is 11.8 Å². The summed E-state index contributed by atoms with van der Waals surface area (Å²) < 4.78 is 0. The van der Waals surface area contributed by atoms with Crippen molar-refractivity contribution >= 4 is 17.5 Å². The lowest BCUT2D eigenvalue weighted by atomic mass is 9.85. The molecule has 0 spiro atoms. The average molecular weight is 274 g/mol. The Labute approximate surface area is 119 Å². The molecule has 2 rings (SSSR count). The normalized spacial score (nSPS) is 15.7. The maximum absolute atomic E-state index is 12.1. The number of carbonyl (C=O) groups is 2. The van der Waals surface area contributed by atoms with E-state index >= 15 is 0 Å². The zero-order chi connectivity index (χ0) is 14.8. The van der Waals surface area contributed by atoms with Crippen molar-refractivity contribution in [2.75, 3.05) is 11.9 Å². The zero-order valence-corrected chi connectivity index (χ0v) is 12.4. The van der Waals surface area contributed by atoms with Gasteiger partial charge in [-0.3, -0.25) is 9.59 Å². The molecule has 0 unspecified atom stereocenters. The number of benzene rings is 1. The minimum Gasteiger partial charge on any atom is -0.352 e. The van der Waals surface area contributed by atoms with Gasteiger partial charge in [0, 0.05) is 17.8 Å². The SMILES string of the molecule is CCCCCNC(=O)c1ccc2c(c1)C(C)(C)C(=O)N2. The monoisotopic (exact) mass is 274 g/mol. The van der Waals surface area contributed by atoms with Gasteiger partial charge in [-0.1, -0.05) is 19.8 Å². The summed E-state index contributed by atoms with van der Waals surface area (Å²) in [6, 6.07) is 5.39. The molecule has 0 saturated heterocycles. The second-order valence-corrected chi connectivity index (χ2v) is 5.80. The van der Waals surface area contributed by atoms with E-state index in [1.165, 1.54) is 0 Å². The van der Waals surface area contributed by atoms with Crippen molar-refractivity contribution in [2.45, 2.75) is 45.4 Å². The van der Waals surface area contributed by atoms with Crippen LogP contribution in [0.3, 0.4) is 0 Å². The van der Waals surface area contributed by atoms with Gasteiger partial charge >= 0.3 is 0 Å². The van der Waals surface area contributed by atoms with Crippen LogP contribution in [0.1, 0.15) is 56.0 Å². The third kappa shape index (κ3) is 2.69. The molecule has 1 heterocycles. The van der Waals surface area contributed by atoms with Crippen LogP contribution >= 0.6 is 0 Å². The van der Waals surface area contributed by atoms with Crippen molar-refractivity contribution in [1.82, 2.24) is 5.32 Å². The molecule has 2 amide bonds. The van der Waals surface area contributed by atoms with Crippen molar-refractivity contribution in [3.63, 3.8) is 0 Å². The molecule has 0 bridgehead atoms. The molecule has 1 aliphatic heterocycles. The van der Waals surface area contributed by atoms with Gasteiger partial charge in [-0.15, -0.1) is 0 Å². The number of anilines is 1. The molecule has 0 atom stereocenters. The first kappa shape index (κ1) is 14.6. The second-order valence-electron chi connectivity index (χ2n) is 5.80. The molecule has 1 aromatic carbocycles. The molecule has 1 aliphatic rings. The Bertz CT molecular complexity index is 535. The first-order valence-electron chi connectivity index (χ1n) is 7.21. The van der Waals surface area contributed by atoms with Crippen LogP contribution in [0.15, 0.2) is 18.2 Å². The van der Waals surface area contributed by atoms with Crippen LogP contribution in [0.2, 0.25) is 0 Å². The van der Waals surface area contributed by atoms with E-state index in [0.29, 0.717) is 12.1 Å². The third-order valence-electron chi connectivity index (χ3n) is 3.84. The van der Waals surface area contributed by atoms with Gasteiger partial charge in [0.2, 0.25) is 5.91 Å². The fourth-order valence-electron chi connectivity index (χ4n) is 2.39. The molecule has 0 saturated carbocycles. The Morgan fingerprint density at radius 2 is 2.05 bits per heavy atom.